The second-order valence-electron chi connectivity index (χ2n) is 4.36. The van der Waals surface area contributed by atoms with Gasteiger partial charge in [-0.3, -0.25) is 4.79 Å². The van der Waals surface area contributed by atoms with Gasteiger partial charge in [0.2, 0.25) is 0 Å². The molecule has 2 nitrogen and oxygen atoms in total. The summed E-state index contributed by atoms with van der Waals surface area (Å²) in [5.74, 6) is 0.0352. The van der Waals surface area contributed by atoms with E-state index in [1.807, 2.05) is 30.3 Å². The topological polar surface area (TPSA) is 37.3 Å². The highest BCUT2D eigenvalue weighted by atomic mass is 16.3. The van der Waals surface area contributed by atoms with E-state index in [0.29, 0.717) is 6.42 Å². The number of hydrogen-bond acceptors (Lipinski definition) is 2. The minimum atomic E-state index is -0.873. The molecule has 2 heteroatoms. The summed E-state index contributed by atoms with van der Waals surface area (Å²) in [6.45, 7) is 3.23. The lowest BCUT2D eigenvalue weighted by Gasteiger charge is -2.21. The van der Waals surface area contributed by atoms with Crippen molar-refractivity contribution in [2.24, 2.45) is 0 Å². The third-order valence-corrected chi connectivity index (χ3v) is 2.42. The number of benzene rings is 1. The van der Waals surface area contributed by atoms with Crippen LogP contribution >= 0.6 is 0 Å². The SMILES string of the molecule is CC(=O)CC(C)(O)CCc1ccccc1. The maximum atomic E-state index is 10.9. The first kappa shape index (κ1) is 11.9. The van der Waals surface area contributed by atoms with E-state index in [4.69, 9.17) is 0 Å². The van der Waals surface area contributed by atoms with Gasteiger partial charge in [-0.1, -0.05) is 30.3 Å². The van der Waals surface area contributed by atoms with Crippen molar-refractivity contribution in [1.82, 2.24) is 0 Å². The molecule has 0 bridgehead atoms. The summed E-state index contributed by atoms with van der Waals surface area (Å²) in [6, 6.07) is 9.99. The third kappa shape index (κ3) is 4.75. The van der Waals surface area contributed by atoms with Crippen molar-refractivity contribution in [3.05, 3.63) is 35.9 Å². The lowest BCUT2D eigenvalue weighted by Crippen LogP contribution is -2.27. The molecule has 15 heavy (non-hydrogen) atoms. The quantitative estimate of drug-likeness (QED) is 0.803. The van der Waals surface area contributed by atoms with Crippen molar-refractivity contribution in [3.63, 3.8) is 0 Å². The summed E-state index contributed by atoms with van der Waals surface area (Å²) in [6.07, 6.45) is 1.66. The number of carbonyl (C=O) groups is 1. The zero-order chi connectivity index (χ0) is 11.3. The second kappa shape index (κ2) is 5.08. The summed E-state index contributed by atoms with van der Waals surface area (Å²) >= 11 is 0. The van der Waals surface area contributed by atoms with Crippen molar-refractivity contribution in [2.45, 2.75) is 38.7 Å². The first-order valence-corrected chi connectivity index (χ1v) is 5.25. The Balaban J connectivity index is 2.46. The van der Waals surface area contributed by atoms with E-state index in [1.165, 1.54) is 12.5 Å². The number of carbonyl (C=O) groups excluding carboxylic acids is 1. The van der Waals surface area contributed by atoms with Gasteiger partial charge in [-0.25, -0.2) is 0 Å². The van der Waals surface area contributed by atoms with Gasteiger partial charge >= 0.3 is 0 Å². The molecule has 1 N–H and O–H groups in total. The largest absolute Gasteiger partial charge is 0.390 e. The van der Waals surface area contributed by atoms with Gasteiger partial charge in [-0.05, 0) is 32.3 Å². The molecule has 1 aromatic rings. The van der Waals surface area contributed by atoms with E-state index in [0.717, 1.165) is 6.42 Å². The standard InChI is InChI=1S/C13H18O2/c1-11(14)10-13(2,15)9-8-12-6-4-3-5-7-12/h3-7,15H,8-10H2,1-2H3. The van der Waals surface area contributed by atoms with Crippen LogP contribution in [0.25, 0.3) is 0 Å². The fraction of sp³-hybridized carbons (Fsp3) is 0.462. The minimum absolute atomic E-state index is 0.0352. The van der Waals surface area contributed by atoms with E-state index in [-0.39, 0.29) is 12.2 Å². The molecular formula is C13H18O2. The minimum Gasteiger partial charge on any atom is -0.390 e. The molecule has 0 saturated heterocycles. The Labute approximate surface area is 90.9 Å². The van der Waals surface area contributed by atoms with Crippen molar-refractivity contribution in [3.8, 4) is 0 Å². The first-order chi connectivity index (χ1) is 6.99. The highest BCUT2D eigenvalue weighted by molar-refractivity contribution is 5.76. The second-order valence-corrected chi connectivity index (χ2v) is 4.36. The fourth-order valence-corrected chi connectivity index (χ4v) is 1.68. The lowest BCUT2D eigenvalue weighted by atomic mass is 9.92. The maximum absolute atomic E-state index is 10.9. The van der Waals surface area contributed by atoms with Crippen molar-refractivity contribution in [1.29, 1.82) is 0 Å². The predicted octanol–water partition coefficient (Wildman–Crippen LogP) is 2.35. The number of aryl methyl sites for hydroxylation is 1. The van der Waals surface area contributed by atoms with Crippen molar-refractivity contribution < 1.29 is 9.90 Å². The van der Waals surface area contributed by atoms with Gasteiger partial charge in [-0.15, -0.1) is 0 Å². The molecule has 1 unspecified atom stereocenters. The molecule has 0 saturated carbocycles. The van der Waals surface area contributed by atoms with E-state index in [9.17, 15) is 9.90 Å². The summed E-state index contributed by atoms with van der Waals surface area (Å²) < 4.78 is 0. The fourth-order valence-electron chi connectivity index (χ4n) is 1.68. The van der Waals surface area contributed by atoms with Crippen LogP contribution < -0.4 is 0 Å². The van der Waals surface area contributed by atoms with Crippen LogP contribution in [0.4, 0.5) is 0 Å². The molecule has 0 fully saturated rings. The van der Waals surface area contributed by atoms with Gasteiger partial charge < -0.3 is 5.11 Å². The van der Waals surface area contributed by atoms with E-state index < -0.39 is 5.60 Å². The van der Waals surface area contributed by atoms with E-state index in [2.05, 4.69) is 0 Å². The Hall–Kier alpha value is -1.15. The molecule has 1 atom stereocenters. The molecule has 0 spiro atoms. The molecule has 0 aliphatic heterocycles. The van der Waals surface area contributed by atoms with Crippen LogP contribution in [0.1, 0.15) is 32.3 Å². The van der Waals surface area contributed by atoms with Gasteiger partial charge in [0.25, 0.3) is 0 Å². The highest BCUT2D eigenvalue weighted by Gasteiger charge is 2.21. The van der Waals surface area contributed by atoms with Crippen LogP contribution in [0, 0.1) is 0 Å². The van der Waals surface area contributed by atoms with Crippen LogP contribution in [0.3, 0.4) is 0 Å². The molecule has 0 amide bonds. The van der Waals surface area contributed by atoms with Gasteiger partial charge in [0.1, 0.15) is 5.78 Å². The van der Waals surface area contributed by atoms with Crippen LogP contribution in [-0.2, 0) is 11.2 Å². The number of ketones is 1. The first-order valence-electron chi connectivity index (χ1n) is 5.25. The van der Waals surface area contributed by atoms with Crippen molar-refractivity contribution in [2.75, 3.05) is 0 Å². The summed E-state index contributed by atoms with van der Waals surface area (Å²) in [4.78, 5) is 10.9. The summed E-state index contributed by atoms with van der Waals surface area (Å²) in [7, 11) is 0. The monoisotopic (exact) mass is 206 g/mol. The van der Waals surface area contributed by atoms with Gasteiger partial charge in [0.05, 0.1) is 5.60 Å². The zero-order valence-corrected chi connectivity index (χ0v) is 9.36. The zero-order valence-electron chi connectivity index (χ0n) is 9.36. The Bertz CT molecular complexity index is 315. The molecule has 0 aliphatic rings. The van der Waals surface area contributed by atoms with E-state index >= 15 is 0 Å². The molecule has 0 aromatic heterocycles. The van der Waals surface area contributed by atoms with Crippen molar-refractivity contribution >= 4 is 5.78 Å². The molecule has 82 valence electrons. The molecule has 0 aliphatic carbocycles. The van der Waals surface area contributed by atoms with E-state index in [1.54, 1.807) is 6.92 Å². The Kier molecular flexibility index (Phi) is 4.04. The molecule has 1 aromatic carbocycles. The predicted molar refractivity (Wildman–Crippen MR) is 60.7 cm³/mol. The average molecular weight is 206 g/mol. The molecule has 1 rings (SSSR count). The number of Topliss-reactive ketones (excluding diaryl/α,β-unsaturated/α-hetero) is 1. The van der Waals surface area contributed by atoms with Crippen LogP contribution in [0.5, 0.6) is 0 Å². The third-order valence-electron chi connectivity index (χ3n) is 2.42. The highest BCUT2D eigenvalue weighted by Crippen LogP contribution is 2.17. The van der Waals surface area contributed by atoms with Crippen LogP contribution in [0.2, 0.25) is 0 Å². The van der Waals surface area contributed by atoms with Crippen LogP contribution in [0.15, 0.2) is 30.3 Å². The molecular weight excluding hydrogens is 188 g/mol. The molecule has 0 heterocycles. The lowest BCUT2D eigenvalue weighted by molar-refractivity contribution is -0.121. The summed E-state index contributed by atoms with van der Waals surface area (Å²) in [5.41, 5.74) is 0.322. The number of rotatable bonds is 5. The Morgan fingerprint density at radius 2 is 1.93 bits per heavy atom. The smallest absolute Gasteiger partial charge is 0.132 e. The average Bonchev–Trinajstić information content (AvgIpc) is 2.15. The summed E-state index contributed by atoms with van der Waals surface area (Å²) in [5, 5.41) is 9.93. The number of aliphatic hydroxyl groups is 1. The van der Waals surface area contributed by atoms with Gasteiger partial charge in [0, 0.05) is 6.42 Å². The number of hydrogen-bond donors (Lipinski definition) is 1. The van der Waals surface area contributed by atoms with Crippen LogP contribution in [-0.4, -0.2) is 16.5 Å². The van der Waals surface area contributed by atoms with Gasteiger partial charge in [-0.2, -0.15) is 0 Å². The normalized spacial score (nSPS) is 14.6. The Morgan fingerprint density at radius 1 is 1.33 bits per heavy atom. The molecule has 0 radical (unpaired) electrons. The van der Waals surface area contributed by atoms with Gasteiger partial charge in [0.15, 0.2) is 0 Å². The Morgan fingerprint density at radius 3 is 2.47 bits per heavy atom. The maximum Gasteiger partial charge on any atom is 0.132 e.